The van der Waals surface area contributed by atoms with Crippen molar-refractivity contribution in [3.8, 4) is 0 Å². The van der Waals surface area contributed by atoms with Gasteiger partial charge in [0, 0.05) is 5.56 Å². The van der Waals surface area contributed by atoms with Gasteiger partial charge in [0.15, 0.2) is 0 Å². The number of unbranched alkanes of at least 4 members (excludes halogenated alkanes) is 13. The molecule has 0 amide bonds. The highest BCUT2D eigenvalue weighted by Crippen LogP contribution is 2.16. The number of benzene rings is 1. The standard InChI is InChI=1S/C27H50N.ClH/c1-5-7-8-9-10-11-12-13-14-15-16-17-18-19-23-28(3,4)25-27-22-20-21-26(6-2)24-27;/h20-22,24H,5-19,23,25H2,1-4H3;1H/q+1;/p-1. The predicted molar refractivity (Wildman–Crippen MR) is 127 cm³/mol. The molecule has 0 atom stereocenters. The number of aryl methyl sites for hydroxylation is 1. The topological polar surface area (TPSA) is 0 Å². The highest BCUT2D eigenvalue weighted by Gasteiger charge is 2.15. The van der Waals surface area contributed by atoms with Crippen molar-refractivity contribution >= 4 is 0 Å². The van der Waals surface area contributed by atoms with Crippen LogP contribution in [0.3, 0.4) is 0 Å². The summed E-state index contributed by atoms with van der Waals surface area (Å²) in [5, 5.41) is 0. The molecule has 0 aliphatic rings. The molecule has 0 aliphatic heterocycles. The lowest BCUT2D eigenvalue weighted by molar-refractivity contribution is -0.903. The number of halogens is 1. The predicted octanol–water partition coefficient (Wildman–Crippen LogP) is 5.31. The maximum absolute atomic E-state index is 2.39. The molecule has 0 saturated carbocycles. The summed E-state index contributed by atoms with van der Waals surface area (Å²) < 4.78 is 1.12. The van der Waals surface area contributed by atoms with Crippen LogP contribution >= 0.6 is 0 Å². The van der Waals surface area contributed by atoms with Crippen molar-refractivity contribution in [2.24, 2.45) is 0 Å². The van der Waals surface area contributed by atoms with Crippen LogP contribution in [-0.4, -0.2) is 25.1 Å². The van der Waals surface area contributed by atoms with Crippen molar-refractivity contribution in [2.45, 2.75) is 117 Å². The molecule has 0 fully saturated rings. The van der Waals surface area contributed by atoms with E-state index in [2.05, 4.69) is 52.2 Å². The van der Waals surface area contributed by atoms with Crippen molar-refractivity contribution in [1.82, 2.24) is 0 Å². The Morgan fingerprint density at radius 2 is 1.07 bits per heavy atom. The molecule has 0 saturated heterocycles. The van der Waals surface area contributed by atoms with Gasteiger partial charge in [-0.05, 0) is 24.8 Å². The number of quaternary nitrogens is 1. The zero-order valence-corrected chi connectivity index (χ0v) is 20.9. The Hall–Kier alpha value is -0.530. The average Bonchev–Trinajstić information content (AvgIpc) is 2.68. The molecule has 0 aromatic heterocycles. The second-order valence-corrected chi connectivity index (χ2v) is 9.59. The Balaban J connectivity index is 0.00000784. The Morgan fingerprint density at radius 1 is 0.621 bits per heavy atom. The third-order valence-electron chi connectivity index (χ3n) is 6.13. The van der Waals surface area contributed by atoms with Gasteiger partial charge in [0.2, 0.25) is 0 Å². The lowest BCUT2D eigenvalue weighted by atomic mass is 10.0. The Labute approximate surface area is 189 Å². The van der Waals surface area contributed by atoms with Gasteiger partial charge in [0.05, 0.1) is 20.6 Å². The number of hydrogen-bond acceptors (Lipinski definition) is 0. The number of hydrogen-bond donors (Lipinski definition) is 0. The fourth-order valence-corrected chi connectivity index (χ4v) is 4.26. The van der Waals surface area contributed by atoms with Gasteiger partial charge in [-0.25, -0.2) is 0 Å². The molecule has 1 nitrogen and oxygen atoms in total. The van der Waals surface area contributed by atoms with Crippen LogP contribution in [0.2, 0.25) is 0 Å². The number of nitrogens with zero attached hydrogens (tertiary/aromatic N) is 1. The summed E-state index contributed by atoms with van der Waals surface area (Å²) in [6.45, 7) is 7.00. The molecule has 1 rings (SSSR count). The molecule has 0 aliphatic carbocycles. The van der Waals surface area contributed by atoms with Crippen LogP contribution < -0.4 is 12.4 Å². The minimum Gasteiger partial charge on any atom is -1.00 e. The van der Waals surface area contributed by atoms with E-state index in [1.807, 2.05) is 0 Å². The van der Waals surface area contributed by atoms with Crippen LogP contribution in [0, 0.1) is 0 Å². The van der Waals surface area contributed by atoms with E-state index in [-0.39, 0.29) is 12.4 Å². The summed E-state index contributed by atoms with van der Waals surface area (Å²) in [7, 11) is 4.78. The maximum Gasteiger partial charge on any atom is 0.104 e. The zero-order valence-electron chi connectivity index (χ0n) is 20.2. The quantitative estimate of drug-likeness (QED) is 0.221. The number of rotatable bonds is 18. The second kappa shape index (κ2) is 18.3. The van der Waals surface area contributed by atoms with E-state index in [1.54, 1.807) is 0 Å². The van der Waals surface area contributed by atoms with Crippen LogP contribution in [-0.2, 0) is 13.0 Å². The molecule has 0 spiro atoms. The summed E-state index contributed by atoms with van der Waals surface area (Å²) in [5.74, 6) is 0. The summed E-state index contributed by atoms with van der Waals surface area (Å²) in [6, 6.07) is 9.16. The van der Waals surface area contributed by atoms with Gasteiger partial charge < -0.3 is 16.9 Å². The first kappa shape index (κ1) is 28.5. The van der Waals surface area contributed by atoms with Gasteiger partial charge in [-0.1, -0.05) is 115 Å². The van der Waals surface area contributed by atoms with E-state index in [4.69, 9.17) is 0 Å². The Kier molecular flexibility index (Phi) is 17.9. The summed E-state index contributed by atoms with van der Waals surface area (Å²) in [4.78, 5) is 0. The molecular weight excluding hydrogens is 374 g/mol. The van der Waals surface area contributed by atoms with Gasteiger partial charge in [0.25, 0.3) is 0 Å². The maximum atomic E-state index is 2.39. The van der Waals surface area contributed by atoms with Crippen molar-refractivity contribution in [1.29, 1.82) is 0 Å². The van der Waals surface area contributed by atoms with E-state index in [0.717, 1.165) is 17.4 Å². The van der Waals surface area contributed by atoms with Crippen LogP contribution in [0.1, 0.15) is 115 Å². The van der Waals surface area contributed by atoms with Gasteiger partial charge in [0.1, 0.15) is 6.54 Å². The first-order chi connectivity index (χ1) is 13.6. The van der Waals surface area contributed by atoms with Crippen LogP contribution in [0.25, 0.3) is 0 Å². The van der Waals surface area contributed by atoms with E-state index >= 15 is 0 Å². The summed E-state index contributed by atoms with van der Waals surface area (Å²) in [6.07, 6.45) is 21.3. The molecule has 0 heterocycles. The average molecular weight is 424 g/mol. The highest BCUT2D eigenvalue weighted by atomic mass is 35.5. The third kappa shape index (κ3) is 15.9. The molecule has 0 bridgehead atoms. The summed E-state index contributed by atoms with van der Waals surface area (Å²) in [5.41, 5.74) is 2.96. The van der Waals surface area contributed by atoms with E-state index < -0.39 is 0 Å². The second-order valence-electron chi connectivity index (χ2n) is 9.59. The van der Waals surface area contributed by atoms with E-state index in [1.165, 1.54) is 108 Å². The lowest BCUT2D eigenvalue weighted by Gasteiger charge is -2.30. The minimum absolute atomic E-state index is 0. The molecule has 0 unspecified atom stereocenters. The van der Waals surface area contributed by atoms with E-state index in [0.29, 0.717) is 0 Å². The highest BCUT2D eigenvalue weighted by molar-refractivity contribution is 5.22. The fourth-order valence-electron chi connectivity index (χ4n) is 4.26. The van der Waals surface area contributed by atoms with Crippen LogP contribution in [0.4, 0.5) is 0 Å². The van der Waals surface area contributed by atoms with Gasteiger partial charge in [-0.15, -0.1) is 0 Å². The lowest BCUT2D eigenvalue weighted by Crippen LogP contribution is -3.00. The molecule has 1 aromatic rings. The molecule has 1 aromatic carbocycles. The molecular formula is C27H50ClN. The first-order valence-electron chi connectivity index (χ1n) is 12.5. The SMILES string of the molecule is CCCCCCCCCCCCCCCC[N+](C)(C)Cc1cccc(CC)c1.[Cl-]. The van der Waals surface area contributed by atoms with Gasteiger partial charge in [-0.3, -0.25) is 0 Å². The Morgan fingerprint density at radius 3 is 1.55 bits per heavy atom. The van der Waals surface area contributed by atoms with Crippen molar-refractivity contribution in [3.63, 3.8) is 0 Å². The van der Waals surface area contributed by atoms with Crippen LogP contribution in [0.15, 0.2) is 24.3 Å². The Bertz CT molecular complexity index is 483. The molecule has 2 heteroatoms. The normalized spacial score (nSPS) is 11.4. The van der Waals surface area contributed by atoms with Gasteiger partial charge >= 0.3 is 0 Å². The van der Waals surface area contributed by atoms with Gasteiger partial charge in [-0.2, -0.15) is 0 Å². The molecule has 0 radical (unpaired) electrons. The fraction of sp³-hybridized carbons (Fsp3) is 0.778. The van der Waals surface area contributed by atoms with Crippen molar-refractivity contribution in [3.05, 3.63) is 35.4 Å². The third-order valence-corrected chi connectivity index (χ3v) is 6.13. The monoisotopic (exact) mass is 423 g/mol. The van der Waals surface area contributed by atoms with Crippen molar-refractivity contribution < 1.29 is 16.9 Å². The largest absolute Gasteiger partial charge is 1.00 e. The first-order valence-corrected chi connectivity index (χ1v) is 12.5. The smallest absolute Gasteiger partial charge is 0.104 e. The summed E-state index contributed by atoms with van der Waals surface area (Å²) >= 11 is 0. The molecule has 170 valence electrons. The zero-order chi connectivity index (χ0) is 20.5. The van der Waals surface area contributed by atoms with E-state index in [9.17, 15) is 0 Å². The molecule has 29 heavy (non-hydrogen) atoms. The molecule has 0 N–H and O–H groups in total. The van der Waals surface area contributed by atoms with Crippen molar-refractivity contribution in [2.75, 3.05) is 20.6 Å². The minimum atomic E-state index is 0. The van der Waals surface area contributed by atoms with Crippen LogP contribution in [0.5, 0.6) is 0 Å².